The molecule has 29 heavy (non-hydrogen) atoms. The molecule has 2 aromatic carbocycles. The third-order valence-electron chi connectivity index (χ3n) is 5.34. The van der Waals surface area contributed by atoms with Crippen LogP contribution < -0.4 is 14.8 Å². The SMILES string of the molecule is COc1ccc(C(=O)N[C@@H]2CN(Cc3ccccc3)C[C@H]2CN(C)C)c(OC)c1. The van der Waals surface area contributed by atoms with Crippen molar-refractivity contribution in [3.8, 4) is 11.5 Å². The number of methoxy groups -OCH3 is 2. The topological polar surface area (TPSA) is 54.0 Å². The van der Waals surface area contributed by atoms with Gasteiger partial charge in [-0.25, -0.2) is 0 Å². The van der Waals surface area contributed by atoms with Crippen LogP contribution in [0.25, 0.3) is 0 Å². The molecule has 1 fully saturated rings. The van der Waals surface area contributed by atoms with Crippen molar-refractivity contribution in [2.75, 3.05) is 47.9 Å². The number of ether oxygens (including phenoxy) is 2. The Labute approximate surface area is 173 Å². The summed E-state index contributed by atoms with van der Waals surface area (Å²) < 4.78 is 10.6. The molecule has 3 rings (SSSR count). The normalized spacial score (nSPS) is 19.3. The molecule has 0 aromatic heterocycles. The lowest BCUT2D eigenvalue weighted by Crippen LogP contribution is -2.43. The molecule has 156 valence electrons. The Morgan fingerprint density at radius 1 is 1.10 bits per heavy atom. The van der Waals surface area contributed by atoms with Gasteiger partial charge >= 0.3 is 0 Å². The van der Waals surface area contributed by atoms with E-state index in [-0.39, 0.29) is 11.9 Å². The van der Waals surface area contributed by atoms with E-state index in [2.05, 4.69) is 53.5 Å². The number of benzene rings is 2. The molecule has 1 amide bonds. The number of carbonyl (C=O) groups is 1. The predicted octanol–water partition coefficient (Wildman–Crippen LogP) is 2.50. The van der Waals surface area contributed by atoms with E-state index in [0.717, 1.165) is 26.2 Å². The average molecular weight is 398 g/mol. The van der Waals surface area contributed by atoms with E-state index in [1.807, 2.05) is 6.07 Å². The lowest BCUT2D eigenvalue weighted by Gasteiger charge is -2.23. The molecule has 1 heterocycles. The van der Waals surface area contributed by atoms with Gasteiger partial charge in [-0.15, -0.1) is 0 Å². The first kappa shape index (κ1) is 21.1. The number of hydrogen-bond donors (Lipinski definition) is 1. The highest BCUT2D eigenvalue weighted by Crippen LogP contribution is 2.26. The van der Waals surface area contributed by atoms with Crippen LogP contribution in [-0.2, 0) is 6.54 Å². The van der Waals surface area contributed by atoms with Gasteiger partial charge in [0.2, 0.25) is 0 Å². The molecular formula is C23H31N3O3. The summed E-state index contributed by atoms with van der Waals surface area (Å²) in [6.07, 6.45) is 0. The second-order valence-corrected chi connectivity index (χ2v) is 7.85. The average Bonchev–Trinajstić information content (AvgIpc) is 3.07. The van der Waals surface area contributed by atoms with Gasteiger partial charge in [-0.2, -0.15) is 0 Å². The van der Waals surface area contributed by atoms with E-state index in [0.29, 0.717) is 23.0 Å². The molecule has 0 bridgehead atoms. The minimum atomic E-state index is -0.111. The van der Waals surface area contributed by atoms with Crippen LogP contribution in [0, 0.1) is 5.92 Å². The minimum Gasteiger partial charge on any atom is -0.497 e. The van der Waals surface area contributed by atoms with Crippen molar-refractivity contribution in [1.82, 2.24) is 15.1 Å². The summed E-state index contributed by atoms with van der Waals surface area (Å²) in [6, 6.07) is 15.8. The van der Waals surface area contributed by atoms with E-state index in [4.69, 9.17) is 9.47 Å². The van der Waals surface area contributed by atoms with Crippen molar-refractivity contribution in [3.63, 3.8) is 0 Å². The number of nitrogens with one attached hydrogen (secondary N) is 1. The maximum atomic E-state index is 13.0. The Morgan fingerprint density at radius 2 is 1.86 bits per heavy atom. The van der Waals surface area contributed by atoms with Gasteiger partial charge in [-0.1, -0.05) is 30.3 Å². The van der Waals surface area contributed by atoms with Gasteiger partial charge < -0.3 is 19.7 Å². The van der Waals surface area contributed by atoms with Crippen LogP contribution in [0.1, 0.15) is 15.9 Å². The largest absolute Gasteiger partial charge is 0.497 e. The molecule has 0 unspecified atom stereocenters. The van der Waals surface area contributed by atoms with Gasteiger partial charge in [0.15, 0.2) is 0 Å². The summed E-state index contributed by atoms with van der Waals surface area (Å²) in [5.74, 6) is 1.44. The Bertz CT molecular complexity index is 810. The van der Waals surface area contributed by atoms with Crippen LogP contribution in [0.5, 0.6) is 11.5 Å². The number of carbonyl (C=O) groups excluding carboxylic acids is 1. The van der Waals surface area contributed by atoms with Gasteiger partial charge in [-0.3, -0.25) is 9.69 Å². The second-order valence-electron chi connectivity index (χ2n) is 7.85. The fraction of sp³-hybridized carbons (Fsp3) is 0.435. The van der Waals surface area contributed by atoms with Gasteiger partial charge in [-0.05, 0) is 31.8 Å². The quantitative estimate of drug-likeness (QED) is 0.742. The Kier molecular flexibility index (Phi) is 7.12. The highest BCUT2D eigenvalue weighted by Gasteiger charge is 2.34. The summed E-state index contributed by atoms with van der Waals surface area (Å²) in [6.45, 7) is 3.61. The fourth-order valence-electron chi connectivity index (χ4n) is 3.98. The van der Waals surface area contributed by atoms with E-state index in [9.17, 15) is 4.79 Å². The van der Waals surface area contributed by atoms with Crippen molar-refractivity contribution in [2.24, 2.45) is 5.92 Å². The number of nitrogens with zero attached hydrogens (tertiary/aromatic N) is 2. The minimum absolute atomic E-state index is 0.0837. The summed E-state index contributed by atoms with van der Waals surface area (Å²) >= 11 is 0. The summed E-state index contributed by atoms with van der Waals surface area (Å²) in [7, 11) is 7.31. The molecule has 0 spiro atoms. The van der Waals surface area contributed by atoms with E-state index < -0.39 is 0 Å². The van der Waals surface area contributed by atoms with Gasteiger partial charge in [0.05, 0.1) is 19.8 Å². The molecule has 1 saturated heterocycles. The highest BCUT2D eigenvalue weighted by atomic mass is 16.5. The Hall–Kier alpha value is -2.57. The monoisotopic (exact) mass is 397 g/mol. The first-order valence-corrected chi connectivity index (χ1v) is 9.94. The van der Waals surface area contributed by atoms with Gasteiger partial charge in [0.25, 0.3) is 5.91 Å². The molecule has 6 nitrogen and oxygen atoms in total. The zero-order valence-electron chi connectivity index (χ0n) is 17.7. The maximum Gasteiger partial charge on any atom is 0.255 e. The van der Waals surface area contributed by atoms with E-state index >= 15 is 0 Å². The van der Waals surface area contributed by atoms with Crippen molar-refractivity contribution >= 4 is 5.91 Å². The number of amides is 1. The molecule has 2 aromatic rings. The first-order chi connectivity index (χ1) is 14.0. The standard InChI is InChI=1S/C23H31N3O3/c1-25(2)14-18-15-26(13-17-8-6-5-7-9-17)16-21(18)24-23(27)20-11-10-19(28-3)12-22(20)29-4/h5-12,18,21H,13-16H2,1-4H3,(H,24,27)/t18-,21-/m1/s1. The predicted molar refractivity (Wildman–Crippen MR) is 115 cm³/mol. The van der Waals surface area contributed by atoms with Crippen molar-refractivity contribution in [1.29, 1.82) is 0 Å². The van der Waals surface area contributed by atoms with Crippen molar-refractivity contribution in [2.45, 2.75) is 12.6 Å². The molecule has 6 heteroatoms. The lowest BCUT2D eigenvalue weighted by atomic mass is 10.0. The zero-order valence-corrected chi connectivity index (χ0v) is 17.7. The third-order valence-corrected chi connectivity index (χ3v) is 5.34. The molecule has 1 aliphatic rings. The molecule has 2 atom stereocenters. The van der Waals surface area contributed by atoms with Crippen molar-refractivity contribution < 1.29 is 14.3 Å². The van der Waals surface area contributed by atoms with Crippen LogP contribution in [0.4, 0.5) is 0 Å². The molecule has 0 saturated carbocycles. The van der Waals surface area contributed by atoms with Crippen LogP contribution in [-0.4, -0.2) is 69.7 Å². The molecule has 0 aliphatic carbocycles. The molecule has 0 radical (unpaired) electrons. The maximum absolute atomic E-state index is 13.0. The van der Waals surface area contributed by atoms with Crippen molar-refractivity contribution in [3.05, 3.63) is 59.7 Å². The van der Waals surface area contributed by atoms with Crippen LogP contribution in [0.15, 0.2) is 48.5 Å². The fourth-order valence-corrected chi connectivity index (χ4v) is 3.98. The zero-order chi connectivity index (χ0) is 20.8. The molecule has 1 N–H and O–H groups in total. The Balaban J connectivity index is 1.72. The molecule has 1 aliphatic heterocycles. The molecular weight excluding hydrogens is 366 g/mol. The lowest BCUT2D eigenvalue weighted by molar-refractivity contribution is 0.0923. The van der Waals surface area contributed by atoms with E-state index in [1.54, 1.807) is 32.4 Å². The number of hydrogen-bond acceptors (Lipinski definition) is 5. The number of rotatable bonds is 8. The highest BCUT2D eigenvalue weighted by molar-refractivity contribution is 5.97. The smallest absolute Gasteiger partial charge is 0.255 e. The summed E-state index contributed by atoms with van der Waals surface area (Å²) in [5.41, 5.74) is 1.82. The van der Waals surface area contributed by atoms with E-state index in [1.165, 1.54) is 5.56 Å². The third kappa shape index (κ3) is 5.49. The van der Waals surface area contributed by atoms with Gasteiger partial charge in [0, 0.05) is 44.2 Å². The van der Waals surface area contributed by atoms with Crippen LogP contribution in [0.2, 0.25) is 0 Å². The van der Waals surface area contributed by atoms with Gasteiger partial charge in [0.1, 0.15) is 11.5 Å². The summed E-state index contributed by atoms with van der Waals surface area (Å²) in [4.78, 5) is 17.6. The van der Waals surface area contributed by atoms with Crippen LogP contribution in [0.3, 0.4) is 0 Å². The first-order valence-electron chi connectivity index (χ1n) is 9.94. The summed E-state index contributed by atoms with van der Waals surface area (Å²) in [5, 5.41) is 3.25. The Morgan fingerprint density at radius 3 is 2.52 bits per heavy atom. The second kappa shape index (κ2) is 9.76. The number of likely N-dealkylation sites (tertiary alicyclic amines) is 1. The van der Waals surface area contributed by atoms with Crippen LogP contribution >= 0.6 is 0 Å².